The lowest BCUT2D eigenvalue weighted by Crippen LogP contribution is -2.59. The number of aliphatic hydroxyl groups is 4. The zero-order valence-corrected chi connectivity index (χ0v) is 12.2. The number of benzene rings is 1. The number of hydrogen-bond donors (Lipinski definition) is 5. The van der Waals surface area contributed by atoms with Crippen LogP contribution in [0.3, 0.4) is 0 Å². The van der Waals surface area contributed by atoms with Crippen LogP contribution >= 0.6 is 0 Å². The van der Waals surface area contributed by atoms with Gasteiger partial charge in [-0.2, -0.15) is 0 Å². The number of phenolic OH excluding ortho intramolecular Hbond substituents is 1. The minimum atomic E-state index is -1.45. The number of aliphatic hydroxyl groups excluding tert-OH is 4. The van der Waals surface area contributed by atoms with E-state index in [2.05, 4.69) is 0 Å². The van der Waals surface area contributed by atoms with Crippen LogP contribution < -0.4 is 0 Å². The van der Waals surface area contributed by atoms with Gasteiger partial charge in [-0.1, -0.05) is 12.1 Å². The Morgan fingerprint density at radius 2 is 1.73 bits per heavy atom. The Labute approximate surface area is 128 Å². The van der Waals surface area contributed by atoms with Crippen LogP contribution in [0.4, 0.5) is 0 Å². The van der Waals surface area contributed by atoms with Crippen LogP contribution in [-0.2, 0) is 15.9 Å². The summed E-state index contributed by atoms with van der Waals surface area (Å²) in [5.41, 5.74) is 0.926. The molecule has 0 spiro atoms. The van der Waals surface area contributed by atoms with Crippen molar-refractivity contribution in [3.05, 3.63) is 29.8 Å². The molecule has 2 rings (SSSR count). The summed E-state index contributed by atoms with van der Waals surface area (Å²) in [6.07, 6.45) is -6.20. The second kappa shape index (κ2) is 7.36. The molecule has 6 atom stereocenters. The molecule has 0 aliphatic carbocycles. The summed E-state index contributed by atoms with van der Waals surface area (Å²) in [4.78, 5) is 0. The van der Waals surface area contributed by atoms with Crippen molar-refractivity contribution in [2.45, 2.75) is 50.2 Å². The normalized spacial score (nSPS) is 33.6. The first-order valence-corrected chi connectivity index (χ1v) is 7.16. The van der Waals surface area contributed by atoms with Gasteiger partial charge in [0, 0.05) is 0 Å². The largest absolute Gasteiger partial charge is 0.508 e. The number of hydrogen-bond acceptors (Lipinski definition) is 7. The highest BCUT2D eigenvalue weighted by Crippen LogP contribution is 2.23. The third-order valence-electron chi connectivity index (χ3n) is 3.67. The Kier molecular flexibility index (Phi) is 5.74. The van der Waals surface area contributed by atoms with Gasteiger partial charge < -0.3 is 35.0 Å². The highest BCUT2D eigenvalue weighted by molar-refractivity contribution is 5.26. The van der Waals surface area contributed by atoms with Crippen LogP contribution in [0.15, 0.2) is 24.3 Å². The minimum Gasteiger partial charge on any atom is -0.508 e. The first-order valence-electron chi connectivity index (χ1n) is 7.16. The summed E-state index contributed by atoms with van der Waals surface area (Å²) in [6, 6.07) is 6.64. The average Bonchev–Trinajstić information content (AvgIpc) is 2.50. The molecule has 1 fully saturated rings. The second-order valence-electron chi connectivity index (χ2n) is 5.51. The fourth-order valence-corrected chi connectivity index (χ4v) is 2.42. The molecule has 0 aromatic heterocycles. The first-order chi connectivity index (χ1) is 10.4. The first kappa shape index (κ1) is 17.1. The quantitative estimate of drug-likeness (QED) is 0.480. The van der Waals surface area contributed by atoms with Crippen LogP contribution in [0.5, 0.6) is 5.75 Å². The maximum absolute atomic E-state index is 9.90. The number of aromatic hydroxyl groups is 1. The molecule has 1 aromatic carbocycles. The molecule has 0 radical (unpaired) electrons. The topological polar surface area (TPSA) is 120 Å². The van der Waals surface area contributed by atoms with E-state index in [1.165, 1.54) is 0 Å². The summed E-state index contributed by atoms with van der Waals surface area (Å²) >= 11 is 0. The van der Waals surface area contributed by atoms with E-state index in [1.54, 1.807) is 31.2 Å². The monoisotopic (exact) mass is 314 g/mol. The molecule has 1 heterocycles. The summed E-state index contributed by atoms with van der Waals surface area (Å²) in [7, 11) is 0. The van der Waals surface area contributed by atoms with Crippen LogP contribution in [0.1, 0.15) is 12.5 Å². The van der Waals surface area contributed by atoms with Crippen LogP contribution in [-0.4, -0.2) is 68.9 Å². The van der Waals surface area contributed by atoms with Gasteiger partial charge in [-0.15, -0.1) is 0 Å². The fourth-order valence-electron chi connectivity index (χ4n) is 2.42. The Hall–Kier alpha value is -1.22. The van der Waals surface area contributed by atoms with Crippen molar-refractivity contribution < 1.29 is 35.0 Å². The predicted octanol–water partition coefficient (Wildman–Crippen LogP) is -0.860. The van der Waals surface area contributed by atoms with Gasteiger partial charge in [-0.3, -0.25) is 0 Å². The molecule has 1 aliphatic rings. The lowest BCUT2D eigenvalue weighted by atomic mass is 9.99. The van der Waals surface area contributed by atoms with Gasteiger partial charge in [0.15, 0.2) is 6.29 Å². The molecule has 1 saturated heterocycles. The molecule has 0 bridgehead atoms. The van der Waals surface area contributed by atoms with Crippen molar-refractivity contribution in [1.82, 2.24) is 0 Å². The number of phenols is 1. The van der Waals surface area contributed by atoms with Crippen molar-refractivity contribution in [2.75, 3.05) is 6.61 Å². The Morgan fingerprint density at radius 3 is 2.32 bits per heavy atom. The second-order valence-corrected chi connectivity index (χ2v) is 5.51. The Bertz CT molecular complexity index is 461. The fraction of sp³-hybridized carbons (Fsp3) is 0.600. The molecule has 22 heavy (non-hydrogen) atoms. The average molecular weight is 314 g/mol. The van der Waals surface area contributed by atoms with Crippen molar-refractivity contribution in [2.24, 2.45) is 0 Å². The van der Waals surface area contributed by atoms with Crippen LogP contribution in [0, 0.1) is 0 Å². The molecule has 124 valence electrons. The highest BCUT2D eigenvalue weighted by atomic mass is 16.7. The predicted molar refractivity (Wildman–Crippen MR) is 76.1 cm³/mol. The van der Waals surface area contributed by atoms with E-state index < -0.39 is 37.3 Å². The van der Waals surface area contributed by atoms with Gasteiger partial charge in [0.2, 0.25) is 0 Å². The standard InChI is InChI=1S/C15H22O7/c1-8(6-9-2-4-10(17)5-3-9)21-15-14(20)13(19)12(18)11(7-16)22-15/h2-5,8,11-20H,6-7H2,1H3/t8?,11?,12-,13?,14?,15-/m1/s1. The van der Waals surface area contributed by atoms with Gasteiger partial charge in [0.1, 0.15) is 30.2 Å². The molecule has 1 aromatic rings. The number of ether oxygens (including phenoxy) is 2. The van der Waals surface area contributed by atoms with Crippen LogP contribution in [0.25, 0.3) is 0 Å². The molecule has 4 unspecified atom stereocenters. The van der Waals surface area contributed by atoms with Crippen molar-refractivity contribution in [3.8, 4) is 5.75 Å². The summed E-state index contributed by atoms with van der Waals surface area (Å²) in [5.74, 6) is 0.172. The van der Waals surface area contributed by atoms with E-state index in [0.29, 0.717) is 6.42 Å². The van der Waals surface area contributed by atoms with Crippen molar-refractivity contribution >= 4 is 0 Å². The Balaban J connectivity index is 1.94. The summed E-state index contributed by atoms with van der Waals surface area (Å²) < 4.78 is 10.9. The molecule has 7 heteroatoms. The van der Waals surface area contributed by atoms with Gasteiger partial charge in [-0.05, 0) is 31.0 Å². The number of rotatable bonds is 5. The van der Waals surface area contributed by atoms with E-state index in [9.17, 15) is 20.4 Å². The van der Waals surface area contributed by atoms with Crippen LogP contribution in [0.2, 0.25) is 0 Å². The zero-order valence-electron chi connectivity index (χ0n) is 12.2. The zero-order chi connectivity index (χ0) is 16.3. The third-order valence-corrected chi connectivity index (χ3v) is 3.67. The van der Waals surface area contributed by atoms with E-state index in [1.807, 2.05) is 0 Å². The van der Waals surface area contributed by atoms with E-state index in [4.69, 9.17) is 14.6 Å². The summed E-state index contributed by atoms with van der Waals surface area (Å²) in [5, 5.41) is 47.7. The molecule has 0 amide bonds. The third kappa shape index (κ3) is 3.95. The van der Waals surface area contributed by atoms with Gasteiger partial charge >= 0.3 is 0 Å². The molecule has 5 N–H and O–H groups in total. The highest BCUT2D eigenvalue weighted by Gasteiger charge is 2.44. The van der Waals surface area contributed by atoms with Gasteiger partial charge in [0.25, 0.3) is 0 Å². The molecule has 1 aliphatic heterocycles. The smallest absolute Gasteiger partial charge is 0.186 e. The van der Waals surface area contributed by atoms with Crippen molar-refractivity contribution in [1.29, 1.82) is 0 Å². The van der Waals surface area contributed by atoms with E-state index in [0.717, 1.165) is 5.56 Å². The Morgan fingerprint density at radius 1 is 1.09 bits per heavy atom. The molecular formula is C15H22O7. The SMILES string of the molecule is CC(Cc1ccc(O)cc1)O[C@@H]1OC(CO)[C@@H](O)C(O)C1O. The maximum atomic E-state index is 9.90. The molecule has 0 saturated carbocycles. The maximum Gasteiger partial charge on any atom is 0.186 e. The summed E-state index contributed by atoms with van der Waals surface area (Å²) in [6.45, 7) is 1.28. The molecular weight excluding hydrogens is 292 g/mol. The van der Waals surface area contributed by atoms with Crippen molar-refractivity contribution in [3.63, 3.8) is 0 Å². The lowest BCUT2D eigenvalue weighted by Gasteiger charge is -2.40. The van der Waals surface area contributed by atoms with Gasteiger partial charge in [0.05, 0.1) is 12.7 Å². The van der Waals surface area contributed by atoms with Gasteiger partial charge in [-0.25, -0.2) is 0 Å². The van der Waals surface area contributed by atoms with E-state index in [-0.39, 0.29) is 11.9 Å². The minimum absolute atomic E-state index is 0.172. The lowest BCUT2D eigenvalue weighted by molar-refractivity contribution is -0.309. The van der Waals surface area contributed by atoms with E-state index >= 15 is 0 Å². The molecule has 7 nitrogen and oxygen atoms in total.